The molecule has 1 aromatic rings. The Morgan fingerprint density at radius 3 is 2.58 bits per heavy atom. The van der Waals surface area contributed by atoms with E-state index in [0.717, 1.165) is 6.54 Å². The molecule has 1 unspecified atom stereocenters. The minimum Gasteiger partial charge on any atom is -0.367 e. The fourth-order valence-electron chi connectivity index (χ4n) is 1.62. The molecule has 6 heteroatoms. The van der Waals surface area contributed by atoms with Gasteiger partial charge in [0.25, 0.3) is 0 Å². The zero-order chi connectivity index (χ0) is 14.6. The molecule has 108 valence electrons. The van der Waals surface area contributed by atoms with Crippen molar-refractivity contribution in [2.24, 2.45) is 11.3 Å². The minimum atomic E-state index is 0.117. The molecule has 1 rings (SSSR count). The molecule has 0 radical (unpaired) electrons. The number of nitrogens with two attached hydrogens (primary N) is 1. The van der Waals surface area contributed by atoms with Crippen LogP contribution in [0.5, 0.6) is 0 Å². The highest BCUT2D eigenvalue weighted by atomic mass is 16.2. The van der Waals surface area contributed by atoms with Crippen LogP contribution < -0.4 is 5.73 Å². The molecule has 0 saturated heterocycles. The van der Waals surface area contributed by atoms with E-state index in [1.807, 2.05) is 7.05 Å². The number of aromatic nitrogens is 3. The molecule has 1 heterocycles. The summed E-state index contributed by atoms with van der Waals surface area (Å²) >= 11 is 0. The number of nitrogens with one attached hydrogen (secondary N) is 1. The minimum absolute atomic E-state index is 0.117. The highest BCUT2D eigenvalue weighted by molar-refractivity contribution is 5.76. The van der Waals surface area contributed by atoms with Gasteiger partial charge in [-0.15, -0.1) is 5.10 Å². The normalized spacial score (nSPS) is 13.3. The van der Waals surface area contributed by atoms with Crippen molar-refractivity contribution in [2.75, 3.05) is 19.3 Å². The molecule has 0 saturated carbocycles. The molecule has 0 spiro atoms. The average Bonchev–Trinajstić information content (AvgIpc) is 2.70. The number of H-pyrrole nitrogens is 1. The average molecular weight is 267 g/mol. The Morgan fingerprint density at radius 2 is 2.11 bits per heavy atom. The van der Waals surface area contributed by atoms with Crippen LogP contribution in [-0.2, 0) is 11.2 Å². The maximum atomic E-state index is 12.0. The fraction of sp³-hybridized carbons (Fsp3) is 0.769. The van der Waals surface area contributed by atoms with E-state index in [1.165, 1.54) is 0 Å². The maximum absolute atomic E-state index is 12.0. The van der Waals surface area contributed by atoms with Gasteiger partial charge < -0.3 is 10.6 Å². The first-order chi connectivity index (χ1) is 8.70. The van der Waals surface area contributed by atoms with Crippen LogP contribution in [0.25, 0.3) is 0 Å². The number of aromatic amines is 1. The molecule has 3 N–H and O–H groups in total. The summed E-state index contributed by atoms with van der Waals surface area (Å²) in [5.74, 6) is 1.44. The van der Waals surface area contributed by atoms with Gasteiger partial charge >= 0.3 is 0 Å². The molecule has 0 fully saturated rings. The van der Waals surface area contributed by atoms with Crippen LogP contribution in [-0.4, -0.2) is 39.6 Å². The number of anilines is 1. The quantitative estimate of drug-likeness (QED) is 0.845. The zero-order valence-electron chi connectivity index (χ0n) is 12.5. The summed E-state index contributed by atoms with van der Waals surface area (Å²) in [5, 5.41) is 6.44. The van der Waals surface area contributed by atoms with Gasteiger partial charge in [-0.1, -0.05) is 27.7 Å². The van der Waals surface area contributed by atoms with Crippen molar-refractivity contribution in [3.63, 3.8) is 0 Å². The Hall–Kier alpha value is -1.59. The van der Waals surface area contributed by atoms with Crippen molar-refractivity contribution in [2.45, 2.75) is 40.5 Å². The van der Waals surface area contributed by atoms with E-state index in [-0.39, 0.29) is 17.3 Å². The van der Waals surface area contributed by atoms with Crippen LogP contribution in [0.1, 0.15) is 39.9 Å². The van der Waals surface area contributed by atoms with Gasteiger partial charge in [-0.2, -0.15) is 4.98 Å². The lowest BCUT2D eigenvalue weighted by atomic mass is 9.82. The van der Waals surface area contributed by atoms with E-state index in [0.29, 0.717) is 24.6 Å². The number of aryl methyl sites for hydroxylation is 1. The molecule has 0 aliphatic carbocycles. The highest BCUT2D eigenvalue weighted by Crippen LogP contribution is 2.25. The SMILES string of the molecule is CC(CN(C)C(=O)CCc1nc(N)n[nH]1)C(C)(C)C. The fourth-order valence-corrected chi connectivity index (χ4v) is 1.62. The third-order valence-electron chi connectivity index (χ3n) is 3.58. The number of amides is 1. The second kappa shape index (κ2) is 6.04. The third-order valence-corrected chi connectivity index (χ3v) is 3.58. The number of hydrogen-bond donors (Lipinski definition) is 2. The van der Waals surface area contributed by atoms with Crippen LogP contribution in [0.4, 0.5) is 5.95 Å². The molecule has 0 aliphatic heterocycles. The highest BCUT2D eigenvalue weighted by Gasteiger charge is 2.23. The number of nitrogen functional groups attached to an aromatic ring is 1. The lowest BCUT2D eigenvalue weighted by molar-refractivity contribution is -0.130. The summed E-state index contributed by atoms with van der Waals surface area (Å²) in [6.45, 7) is 9.50. The van der Waals surface area contributed by atoms with Crippen LogP contribution >= 0.6 is 0 Å². The zero-order valence-corrected chi connectivity index (χ0v) is 12.5. The summed E-state index contributed by atoms with van der Waals surface area (Å²) < 4.78 is 0. The van der Waals surface area contributed by atoms with Gasteiger partial charge in [0.05, 0.1) is 0 Å². The number of carbonyl (C=O) groups is 1. The first-order valence-corrected chi connectivity index (χ1v) is 6.61. The molecule has 19 heavy (non-hydrogen) atoms. The van der Waals surface area contributed by atoms with Crippen LogP contribution in [0.15, 0.2) is 0 Å². The summed E-state index contributed by atoms with van der Waals surface area (Å²) in [5.41, 5.74) is 5.61. The van der Waals surface area contributed by atoms with Crippen LogP contribution in [0.3, 0.4) is 0 Å². The molecule has 1 aromatic heterocycles. The van der Waals surface area contributed by atoms with Gasteiger partial charge in [0.1, 0.15) is 5.82 Å². The van der Waals surface area contributed by atoms with Crippen molar-refractivity contribution in [1.29, 1.82) is 0 Å². The van der Waals surface area contributed by atoms with Gasteiger partial charge in [0.15, 0.2) is 0 Å². The van der Waals surface area contributed by atoms with E-state index in [4.69, 9.17) is 5.73 Å². The molecule has 1 atom stereocenters. The number of rotatable bonds is 5. The molecule has 0 bridgehead atoms. The predicted molar refractivity (Wildman–Crippen MR) is 75.4 cm³/mol. The van der Waals surface area contributed by atoms with Gasteiger partial charge in [0.2, 0.25) is 11.9 Å². The molecule has 1 amide bonds. The Bertz CT molecular complexity index is 421. The van der Waals surface area contributed by atoms with E-state index < -0.39 is 0 Å². The standard InChI is InChI=1S/C13H25N5O/c1-9(13(2,3)4)8-18(5)11(19)7-6-10-15-12(14)17-16-10/h9H,6-8H2,1-5H3,(H3,14,15,16,17). The van der Waals surface area contributed by atoms with E-state index >= 15 is 0 Å². The Balaban J connectivity index is 2.41. The Labute approximate surface area is 114 Å². The van der Waals surface area contributed by atoms with E-state index in [9.17, 15) is 4.79 Å². The van der Waals surface area contributed by atoms with Crippen molar-refractivity contribution >= 4 is 11.9 Å². The first kappa shape index (κ1) is 15.5. The van der Waals surface area contributed by atoms with Gasteiger partial charge in [0, 0.05) is 26.4 Å². The lowest BCUT2D eigenvalue weighted by Crippen LogP contribution is -2.35. The summed E-state index contributed by atoms with van der Waals surface area (Å²) in [6.07, 6.45) is 0.958. The Morgan fingerprint density at radius 1 is 1.47 bits per heavy atom. The van der Waals surface area contributed by atoms with Crippen molar-refractivity contribution in [3.05, 3.63) is 5.82 Å². The first-order valence-electron chi connectivity index (χ1n) is 6.61. The molecule has 0 aliphatic rings. The predicted octanol–water partition coefficient (Wildman–Crippen LogP) is 1.46. The van der Waals surface area contributed by atoms with Crippen LogP contribution in [0.2, 0.25) is 0 Å². The van der Waals surface area contributed by atoms with Crippen LogP contribution in [0, 0.1) is 11.3 Å². The summed E-state index contributed by atoms with van der Waals surface area (Å²) in [7, 11) is 1.85. The molecule has 6 nitrogen and oxygen atoms in total. The molecule has 0 aromatic carbocycles. The van der Waals surface area contributed by atoms with Gasteiger partial charge in [-0.3, -0.25) is 9.89 Å². The summed E-state index contributed by atoms with van der Waals surface area (Å²) in [6, 6.07) is 0. The molecular weight excluding hydrogens is 242 g/mol. The van der Waals surface area contributed by atoms with E-state index in [1.54, 1.807) is 4.90 Å². The van der Waals surface area contributed by atoms with Crippen molar-refractivity contribution in [1.82, 2.24) is 20.1 Å². The largest absolute Gasteiger partial charge is 0.367 e. The number of hydrogen-bond acceptors (Lipinski definition) is 4. The lowest BCUT2D eigenvalue weighted by Gasteiger charge is -2.31. The number of nitrogens with zero attached hydrogens (tertiary/aromatic N) is 3. The van der Waals surface area contributed by atoms with Gasteiger partial charge in [-0.05, 0) is 11.3 Å². The third kappa shape index (κ3) is 4.89. The topological polar surface area (TPSA) is 87.9 Å². The second-order valence-corrected chi connectivity index (χ2v) is 6.18. The van der Waals surface area contributed by atoms with E-state index in [2.05, 4.69) is 42.9 Å². The van der Waals surface area contributed by atoms with Crippen molar-refractivity contribution in [3.8, 4) is 0 Å². The smallest absolute Gasteiger partial charge is 0.239 e. The summed E-state index contributed by atoms with van der Waals surface area (Å²) in [4.78, 5) is 17.8. The molecular formula is C13H25N5O. The second-order valence-electron chi connectivity index (χ2n) is 6.18. The van der Waals surface area contributed by atoms with Crippen molar-refractivity contribution < 1.29 is 4.79 Å². The maximum Gasteiger partial charge on any atom is 0.239 e. The Kier molecular flexibility index (Phi) is 4.91. The number of carbonyl (C=O) groups excluding carboxylic acids is 1. The monoisotopic (exact) mass is 267 g/mol. The van der Waals surface area contributed by atoms with Gasteiger partial charge in [-0.25, -0.2) is 0 Å².